The molecule has 0 amide bonds. The first kappa shape index (κ1) is 15.5. The summed E-state index contributed by atoms with van der Waals surface area (Å²) >= 11 is 1.21. The number of thiazole rings is 1. The zero-order chi connectivity index (χ0) is 12.6. The van der Waals surface area contributed by atoms with E-state index in [-0.39, 0.29) is 56.1 Å². The Balaban J connectivity index is 0.00000133. The van der Waals surface area contributed by atoms with Crippen molar-refractivity contribution >= 4 is 90.4 Å². The molecular weight excluding hydrogens is 304 g/mol. The number of benzene rings is 2. The second-order valence-corrected chi connectivity index (χ2v) is 7.23. The summed E-state index contributed by atoms with van der Waals surface area (Å²) in [5.74, 6) is 0. The van der Waals surface area contributed by atoms with E-state index in [2.05, 4.69) is 4.98 Å². The van der Waals surface area contributed by atoms with Gasteiger partial charge in [0.2, 0.25) is 0 Å². The maximum absolute atomic E-state index is 12.4. The molecule has 19 heavy (non-hydrogen) atoms. The minimum atomic E-state index is -3.81. The Bertz CT molecular complexity index is 711. The summed E-state index contributed by atoms with van der Waals surface area (Å²) in [6, 6.07) is 15.8. The third-order valence-corrected chi connectivity index (χ3v) is 6.05. The van der Waals surface area contributed by atoms with Crippen molar-refractivity contribution in [1.82, 2.24) is 4.98 Å². The summed E-state index contributed by atoms with van der Waals surface area (Å²) in [5, 5.41) is 0.309. The molecule has 0 aliphatic heterocycles. The minimum Gasteiger partial charge on any atom is -0.791 e. The van der Waals surface area contributed by atoms with E-state index in [1.54, 1.807) is 30.3 Å². The third kappa shape index (κ3) is 3.09. The van der Waals surface area contributed by atoms with Crippen LogP contribution in [0, 0.1) is 0 Å². The molecule has 0 bridgehead atoms. The largest absolute Gasteiger partial charge is 0.791 e. The van der Waals surface area contributed by atoms with Crippen molar-refractivity contribution in [2.75, 3.05) is 0 Å². The molecule has 1 heterocycles. The smallest absolute Gasteiger partial charge is 0.144 e. The molecule has 0 aliphatic rings. The molecule has 1 radical (unpaired) electrons. The Kier molecular flexibility index (Phi) is 5.14. The van der Waals surface area contributed by atoms with Crippen LogP contribution < -0.4 is 14.9 Å². The van der Waals surface area contributed by atoms with Crippen molar-refractivity contribution in [1.29, 1.82) is 0 Å². The molecule has 0 aliphatic carbocycles. The summed E-state index contributed by atoms with van der Waals surface area (Å²) in [6.07, 6.45) is 0. The molecule has 2 aromatic carbocycles. The third-order valence-electron chi connectivity index (χ3n) is 2.63. The average Bonchev–Trinajstić information content (AvgIpc) is 2.84. The second-order valence-electron chi connectivity index (χ2n) is 3.85. The van der Waals surface area contributed by atoms with Crippen LogP contribution in [-0.2, 0) is 4.57 Å². The predicted octanol–water partition coefficient (Wildman–Crippen LogP) is 1.50. The first-order valence-corrected chi connectivity index (χ1v) is 7.85. The quantitative estimate of drug-likeness (QED) is 0.532. The zero-order valence-corrected chi connectivity index (χ0v) is 15.1. The Morgan fingerprint density at radius 3 is 2.32 bits per heavy atom. The maximum Gasteiger partial charge on any atom is 0.144 e. The number of para-hydroxylation sites is 1. The van der Waals surface area contributed by atoms with Crippen molar-refractivity contribution < 1.29 is 9.46 Å². The number of nitrogens with zero attached hydrogens (tertiary/aromatic N) is 1. The van der Waals surface area contributed by atoms with E-state index in [1.165, 1.54) is 11.3 Å². The summed E-state index contributed by atoms with van der Waals surface area (Å²) in [7, 11) is -3.81. The summed E-state index contributed by atoms with van der Waals surface area (Å²) in [4.78, 5) is 16.6. The first-order valence-electron chi connectivity index (χ1n) is 5.41. The van der Waals surface area contributed by atoms with Crippen LogP contribution in [0.3, 0.4) is 0 Å². The van der Waals surface area contributed by atoms with Gasteiger partial charge in [-0.1, -0.05) is 42.5 Å². The fourth-order valence-electron chi connectivity index (χ4n) is 1.72. The topological polar surface area (TPSA) is 53.0 Å². The number of hydrogen-bond acceptors (Lipinski definition) is 4. The molecule has 0 saturated carbocycles. The molecule has 3 aromatic rings. The van der Waals surface area contributed by atoms with Crippen molar-refractivity contribution in [2.45, 2.75) is 0 Å². The maximum atomic E-state index is 12.4. The molecule has 6 heteroatoms. The van der Waals surface area contributed by atoms with E-state index in [1.807, 2.05) is 24.3 Å². The van der Waals surface area contributed by atoms with Gasteiger partial charge in [-0.05, 0) is 12.1 Å². The van der Waals surface area contributed by atoms with Gasteiger partial charge in [0.1, 0.15) is 12.1 Å². The minimum absolute atomic E-state index is 0. The van der Waals surface area contributed by atoms with Crippen LogP contribution in [0.15, 0.2) is 54.6 Å². The number of aromatic nitrogens is 1. The Hall–Kier alpha value is 0.156. The van der Waals surface area contributed by atoms with Gasteiger partial charge >= 0.3 is 0 Å². The second kappa shape index (κ2) is 6.29. The molecule has 0 N–H and O–H groups in total. The van der Waals surface area contributed by atoms with Gasteiger partial charge in [-0.3, -0.25) is 0 Å². The van der Waals surface area contributed by atoms with Crippen LogP contribution in [0.4, 0.5) is 0 Å². The van der Waals surface area contributed by atoms with Gasteiger partial charge in [-0.15, -0.1) is 11.3 Å². The van der Waals surface area contributed by atoms with Gasteiger partial charge in [0, 0.05) is 56.7 Å². The van der Waals surface area contributed by atoms with E-state index in [4.69, 9.17) is 0 Å². The first-order chi connectivity index (χ1) is 8.68. The molecule has 1 atom stereocenters. The molecule has 0 fully saturated rings. The normalized spacial score (nSPS) is 13.7. The molecule has 91 valence electrons. The standard InChI is InChI=1S/C13H10NO2PS.K/c15-17(16,10-6-2-1-3-7-10)13-14-11-8-4-5-9-12(11)18-13;/h1-9H,(H,15,16);/p-1. The molecule has 3 rings (SSSR count). The van der Waals surface area contributed by atoms with Crippen molar-refractivity contribution in [3.63, 3.8) is 0 Å². The predicted molar refractivity (Wildman–Crippen MR) is 78.7 cm³/mol. The van der Waals surface area contributed by atoms with Gasteiger partial charge in [0.25, 0.3) is 0 Å². The molecular formula is C13H9KNO2PS-. The van der Waals surface area contributed by atoms with Gasteiger partial charge in [0.15, 0.2) is 0 Å². The van der Waals surface area contributed by atoms with Crippen LogP contribution >= 0.6 is 18.7 Å². The Morgan fingerprint density at radius 1 is 1.00 bits per heavy atom. The van der Waals surface area contributed by atoms with Crippen LogP contribution in [0.25, 0.3) is 10.2 Å². The van der Waals surface area contributed by atoms with Gasteiger partial charge < -0.3 is 9.46 Å². The van der Waals surface area contributed by atoms with E-state index < -0.39 is 7.37 Å². The van der Waals surface area contributed by atoms with Gasteiger partial charge in [-0.2, -0.15) is 0 Å². The molecule has 1 unspecified atom stereocenters. The van der Waals surface area contributed by atoms with Crippen LogP contribution in [0.5, 0.6) is 0 Å². The van der Waals surface area contributed by atoms with Crippen molar-refractivity contribution in [3.05, 3.63) is 54.6 Å². The van der Waals surface area contributed by atoms with E-state index in [9.17, 15) is 9.46 Å². The van der Waals surface area contributed by atoms with Gasteiger partial charge in [0.05, 0.1) is 10.2 Å². The average molecular weight is 313 g/mol. The van der Waals surface area contributed by atoms with E-state index in [0.717, 1.165) is 10.2 Å². The summed E-state index contributed by atoms with van der Waals surface area (Å²) in [6.45, 7) is 0. The van der Waals surface area contributed by atoms with Crippen molar-refractivity contribution in [3.8, 4) is 0 Å². The number of hydrogen-bond donors (Lipinski definition) is 0. The fraction of sp³-hybridized carbons (Fsp3) is 0. The summed E-state index contributed by atoms with van der Waals surface area (Å²) in [5.41, 5.74) is 0.726. The molecule has 3 nitrogen and oxygen atoms in total. The monoisotopic (exact) mass is 313 g/mol. The SMILES string of the molecule is O=P([O-])(c1ccccc1)c1nc2ccccc2s1.[K]. The van der Waals surface area contributed by atoms with Crippen LogP contribution in [0.1, 0.15) is 0 Å². The fourth-order valence-corrected chi connectivity index (χ4v) is 4.54. The Morgan fingerprint density at radius 2 is 1.63 bits per heavy atom. The summed E-state index contributed by atoms with van der Waals surface area (Å²) < 4.78 is 13.4. The van der Waals surface area contributed by atoms with Gasteiger partial charge in [-0.25, -0.2) is 4.98 Å². The molecule has 1 aromatic heterocycles. The van der Waals surface area contributed by atoms with E-state index in [0.29, 0.717) is 5.30 Å². The van der Waals surface area contributed by atoms with Crippen molar-refractivity contribution in [2.24, 2.45) is 0 Å². The zero-order valence-electron chi connectivity index (χ0n) is 10.3. The number of fused-ring (bicyclic) bond motifs is 1. The Labute approximate surface area is 157 Å². The number of rotatable bonds is 2. The van der Waals surface area contributed by atoms with E-state index >= 15 is 0 Å². The molecule has 0 spiro atoms. The van der Waals surface area contributed by atoms with Crippen LogP contribution in [-0.4, -0.2) is 56.4 Å². The molecule has 0 saturated heterocycles. The van der Waals surface area contributed by atoms with Crippen LogP contribution in [0.2, 0.25) is 0 Å².